The van der Waals surface area contributed by atoms with Gasteiger partial charge in [0.2, 0.25) is 0 Å². The zero-order valence-corrected chi connectivity index (χ0v) is 8.49. The first-order valence-corrected chi connectivity index (χ1v) is 4.07. The van der Waals surface area contributed by atoms with Gasteiger partial charge in [-0.05, 0) is 20.8 Å². The zero-order chi connectivity index (χ0) is 11.2. The van der Waals surface area contributed by atoms with Gasteiger partial charge in [-0.1, -0.05) is 0 Å². The lowest BCUT2D eigenvalue weighted by Crippen LogP contribution is -2.33. The fraction of sp³-hybridized carbons (Fsp3) is 0.750. The van der Waals surface area contributed by atoms with Gasteiger partial charge in [-0.2, -0.15) is 0 Å². The van der Waals surface area contributed by atoms with Crippen LogP contribution < -0.4 is 5.48 Å². The van der Waals surface area contributed by atoms with Crippen molar-refractivity contribution in [3.63, 3.8) is 0 Å². The SMILES string of the molecule is CC(C)(C)OCC(=O)NOCC(=O)O. The van der Waals surface area contributed by atoms with E-state index < -0.39 is 24.1 Å². The quantitative estimate of drug-likeness (QED) is 0.614. The number of hydrogen-bond donors (Lipinski definition) is 2. The second-order valence-corrected chi connectivity index (χ2v) is 3.61. The molecule has 0 radical (unpaired) electrons. The Morgan fingerprint density at radius 3 is 2.29 bits per heavy atom. The number of hydroxylamine groups is 1. The number of ether oxygens (including phenoxy) is 1. The van der Waals surface area contributed by atoms with E-state index in [0.717, 1.165) is 0 Å². The van der Waals surface area contributed by atoms with E-state index in [1.54, 1.807) is 20.8 Å². The summed E-state index contributed by atoms with van der Waals surface area (Å²) in [6.07, 6.45) is 0. The van der Waals surface area contributed by atoms with Crippen molar-refractivity contribution < 1.29 is 24.3 Å². The van der Waals surface area contributed by atoms with E-state index in [1.807, 2.05) is 5.48 Å². The van der Waals surface area contributed by atoms with Crippen LogP contribution in [0.2, 0.25) is 0 Å². The molecule has 0 aromatic rings. The van der Waals surface area contributed by atoms with Crippen molar-refractivity contribution in [2.24, 2.45) is 0 Å². The standard InChI is InChI=1S/C8H15NO5/c1-8(2,3)13-4-6(10)9-14-5-7(11)12/h4-5H2,1-3H3,(H,9,10)(H,11,12). The first kappa shape index (κ1) is 12.9. The van der Waals surface area contributed by atoms with Crippen LogP contribution in [0.15, 0.2) is 0 Å². The highest BCUT2D eigenvalue weighted by Crippen LogP contribution is 2.05. The van der Waals surface area contributed by atoms with Crippen LogP contribution in [0.4, 0.5) is 0 Å². The van der Waals surface area contributed by atoms with E-state index in [-0.39, 0.29) is 6.61 Å². The minimum atomic E-state index is -1.15. The maximum Gasteiger partial charge on any atom is 0.332 e. The fourth-order valence-corrected chi connectivity index (χ4v) is 0.490. The molecule has 0 saturated heterocycles. The molecule has 0 aromatic heterocycles. The molecular weight excluding hydrogens is 190 g/mol. The molecule has 2 N–H and O–H groups in total. The van der Waals surface area contributed by atoms with E-state index in [9.17, 15) is 9.59 Å². The molecule has 6 heteroatoms. The minimum Gasteiger partial charge on any atom is -0.479 e. The lowest BCUT2D eigenvalue weighted by Gasteiger charge is -2.18. The Bertz CT molecular complexity index is 208. The average Bonchev–Trinajstić information content (AvgIpc) is 1.99. The molecule has 82 valence electrons. The van der Waals surface area contributed by atoms with Crippen LogP contribution in [0, 0.1) is 0 Å². The molecule has 1 amide bonds. The number of carbonyl (C=O) groups excluding carboxylic acids is 1. The number of amides is 1. The minimum absolute atomic E-state index is 0.164. The molecule has 0 aliphatic heterocycles. The van der Waals surface area contributed by atoms with Gasteiger partial charge in [-0.3, -0.25) is 9.63 Å². The summed E-state index contributed by atoms with van der Waals surface area (Å²) in [6, 6.07) is 0. The summed E-state index contributed by atoms with van der Waals surface area (Å²) in [7, 11) is 0. The monoisotopic (exact) mass is 205 g/mol. The lowest BCUT2D eigenvalue weighted by atomic mass is 10.2. The molecule has 0 fully saturated rings. The summed E-state index contributed by atoms with van der Waals surface area (Å²) in [5, 5.41) is 8.18. The molecule has 6 nitrogen and oxygen atoms in total. The van der Waals surface area contributed by atoms with Crippen molar-refractivity contribution >= 4 is 11.9 Å². The molecule has 0 aliphatic carbocycles. The number of carbonyl (C=O) groups is 2. The normalized spacial score (nSPS) is 11.1. The first-order valence-electron chi connectivity index (χ1n) is 4.07. The largest absolute Gasteiger partial charge is 0.479 e. The summed E-state index contributed by atoms with van der Waals surface area (Å²) in [6.45, 7) is 4.68. The third-order valence-electron chi connectivity index (χ3n) is 1.02. The molecule has 0 atom stereocenters. The van der Waals surface area contributed by atoms with Crippen LogP contribution in [0.3, 0.4) is 0 Å². The Morgan fingerprint density at radius 1 is 1.29 bits per heavy atom. The predicted octanol–water partition coefficient (Wildman–Crippen LogP) is -0.0661. The average molecular weight is 205 g/mol. The number of aliphatic carboxylic acids is 1. The molecule has 14 heavy (non-hydrogen) atoms. The van der Waals surface area contributed by atoms with Gasteiger partial charge in [-0.25, -0.2) is 10.3 Å². The maximum absolute atomic E-state index is 10.9. The molecule has 0 aliphatic rings. The fourth-order valence-electron chi connectivity index (χ4n) is 0.490. The third kappa shape index (κ3) is 8.95. The second-order valence-electron chi connectivity index (χ2n) is 3.61. The van der Waals surface area contributed by atoms with Gasteiger partial charge in [-0.15, -0.1) is 0 Å². The van der Waals surface area contributed by atoms with Gasteiger partial charge in [0.25, 0.3) is 5.91 Å². The van der Waals surface area contributed by atoms with Crippen LogP contribution in [0.5, 0.6) is 0 Å². The molecule has 0 rings (SSSR count). The maximum atomic E-state index is 10.9. The van der Waals surface area contributed by atoms with Crippen molar-refractivity contribution in [1.29, 1.82) is 0 Å². The van der Waals surface area contributed by atoms with Crippen molar-refractivity contribution in [1.82, 2.24) is 5.48 Å². The van der Waals surface area contributed by atoms with Gasteiger partial charge >= 0.3 is 5.97 Å². The van der Waals surface area contributed by atoms with Gasteiger partial charge in [0.15, 0.2) is 6.61 Å². The molecule has 0 heterocycles. The summed E-state index contributed by atoms with van der Waals surface area (Å²) >= 11 is 0. The lowest BCUT2D eigenvalue weighted by molar-refractivity contribution is -0.152. The van der Waals surface area contributed by atoms with Crippen LogP contribution >= 0.6 is 0 Å². The molecule has 0 spiro atoms. The summed E-state index contributed by atoms with van der Waals surface area (Å²) in [4.78, 5) is 25.3. The Kier molecular flexibility index (Phi) is 5.11. The smallest absolute Gasteiger partial charge is 0.332 e. The van der Waals surface area contributed by atoms with Crippen molar-refractivity contribution in [2.75, 3.05) is 13.2 Å². The Morgan fingerprint density at radius 2 is 1.86 bits per heavy atom. The second kappa shape index (κ2) is 5.56. The third-order valence-corrected chi connectivity index (χ3v) is 1.02. The molecule has 0 aromatic carbocycles. The topological polar surface area (TPSA) is 84.9 Å². The van der Waals surface area contributed by atoms with Crippen LogP contribution in [0.1, 0.15) is 20.8 Å². The Hall–Kier alpha value is -1.14. The molecule has 0 unspecified atom stereocenters. The van der Waals surface area contributed by atoms with Crippen LogP contribution in [0.25, 0.3) is 0 Å². The van der Waals surface area contributed by atoms with E-state index in [4.69, 9.17) is 9.84 Å². The number of nitrogens with one attached hydrogen (secondary N) is 1. The van der Waals surface area contributed by atoms with Crippen molar-refractivity contribution in [3.8, 4) is 0 Å². The van der Waals surface area contributed by atoms with E-state index >= 15 is 0 Å². The number of carboxylic acid groups (broad SMARTS) is 1. The zero-order valence-electron chi connectivity index (χ0n) is 8.49. The first-order chi connectivity index (χ1) is 6.31. The van der Waals surface area contributed by atoms with E-state index in [0.29, 0.717) is 0 Å². The Labute approximate surface area is 82.1 Å². The molecule has 0 bridgehead atoms. The Balaban J connectivity index is 3.52. The van der Waals surface area contributed by atoms with E-state index in [1.165, 1.54) is 0 Å². The number of hydrogen-bond acceptors (Lipinski definition) is 4. The van der Waals surface area contributed by atoms with Gasteiger partial charge in [0.05, 0.1) is 5.60 Å². The highest BCUT2D eigenvalue weighted by molar-refractivity contribution is 5.76. The summed E-state index contributed by atoms with van der Waals surface area (Å²) < 4.78 is 5.11. The summed E-state index contributed by atoms with van der Waals surface area (Å²) in [5.41, 5.74) is 1.53. The predicted molar refractivity (Wildman–Crippen MR) is 47.4 cm³/mol. The highest BCUT2D eigenvalue weighted by Gasteiger charge is 2.12. The van der Waals surface area contributed by atoms with Gasteiger partial charge in [0, 0.05) is 0 Å². The van der Waals surface area contributed by atoms with Gasteiger partial charge in [0.1, 0.15) is 6.61 Å². The van der Waals surface area contributed by atoms with Crippen LogP contribution in [-0.4, -0.2) is 35.8 Å². The van der Waals surface area contributed by atoms with Crippen LogP contribution in [-0.2, 0) is 19.2 Å². The van der Waals surface area contributed by atoms with Crippen molar-refractivity contribution in [3.05, 3.63) is 0 Å². The number of carboxylic acids is 1. The van der Waals surface area contributed by atoms with E-state index in [2.05, 4.69) is 4.84 Å². The van der Waals surface area contributed by atoms with Crippen molar-refractivity contribution in [2.45, 2.75) is 26.4 Å². The van der Waals surface area contributed by atoms with Gasteiger partial charge < -0.3 is 9.84 Å². The highest BCUT2D eigenvalue weighted by atomic mass is 16.7. The molecular formula is C8H15NO5. The number of rotatable bonds is 5. The summed E-state index contributed by atoms with van der Waals surface area (Å²) in [5.74, 6) is -1.66. The molecule has 0 saturated carbocycles.